The molecule has 0 radical (unpaired) electrons. The first-order chi connectivity index (χ1) is 8.31. The highest BCUT2D eigenvalue weighted by atomic mass is 16.3. The topological polar surface area (TPSA) is 48.9 Å². The van der Waals surface area contributed by atoms with Crippen LogP contribution in [0, 0.1) is 0 Å². The summed E-state index contributed by atoms with van der Waals surface area (Å²) in [5.74, 6) is 1.01. The number of H-pyrrole nitrogens is 1. The van der Waals surface area contributed by atoms with E-state index in [0.29, 0.717) is 6.42 Å². The Labute approximate surface area is 102 Å². The average Bonchev–Trinajstić information content (AvgIpc) is 2.84. The molecule has 3 nitrogen and oxygen atoms in total. The lowest BCUT2D eigenvalue weighted by Gasteiger charge is -2.21. The first-order valence-corrected chi connectivity index (χ1v) is 6.02. The molecule has 0 fully saturated rings. The fourth-order valence-corrected chi connectivity index (χ4v) is 2.18. The van der Waals surface area contributed by atoms with Gasteiger partial charge in [0.15, 0.2) is 0 Å². The molecule has 1 aromatic heterocycles. The molecule has 2 rings (SSSR count). The lowest BCUT2D eigenvalue weighted by molar-refractivity contribution is 0.139. The summed E-state index contributed by atoms with van der Waals surface area (Å²) in [6.07, 6.45) is 4.59. The maximum Gasteiger partial charge on any atom is 0.108 e. The minimum Gasteiger partial charge on any atom is -0.392 e. The summed E-state index contributed by atoms with van der Waals surface area (Å²) in [7, 11) is 0. The molecule has 2 unspecified atom stereocenters. The summed E-state index contributed by atoms with van der Waals surface area (Å²) in [5, 5.41) is 10.3. The highest BCUT2D eigenvalue weighted by molar-refractivity contribution is 5.21. The third kappa shape index (κ3) is 2.94. The van der Waals surface area contributed by atoms with Gasteiger partial charge in [-0.2, -0.15) is 0 Å². The predicted octanol–water partition coefficient (Wildman–Crippen LogP) is 2.51. The van der Waals surface area contributed by atoms with Gasteiger partial charge >= 0.3 is 0 Å². The van der Waals surface area contributed by atoms with Crippen molar-refractivity contribution in [1.82, 2.24) is 9.97 Å². The van der Waals surface area contributed by atoms with Gasteiger partial charge in [0, 0.05) is 24.7 Å². The van der Waals surface area contributed by atoms with E-state index in [-0.39, 0.29) is 5.92 Å². The smallest absolute Gasteiger partial charge is 0.108 e. The predicted molar refractivity (Wildman–Crippen MR) is 67.8 cm³/mol. The molecule has 0 saturated heterocycles. The fourth-order valence-electron chi connectivity index (χ4n) is 2.18. The zero-order valence-electron chi connectivity index (χ0n) is 10.0. The van der Waals surface area contributed by atoms with E-state index in [0.717, 1.165) is 12.2 Å². The summed E-state index contributed by atoms with van der Waals surface area (Å²) in [4.78, 5) is 7.18. The number of benzene rings is 1. The quantitative estimate of drug-likeness (QED) is 0.829. The number of hydrogen-bond donors (Lipinski definition) is 2. The van der Waals surface area contributed by atoms with Crippen LogP contribution in [-0.4, -0.2) is 21.2 Å². The number of nitrogens with one attached hydrogen (secondary N) is 1. The van der Waals surface area contributed by atoms with Crippen LogP contribution < -0.4 is 0 Å². The molecule has 0 bridgehead atoms. The maximum absolute atomic E-state index is 10.3. The van der Waals surface area contributed by atoms with Crippen LogP contribution in [0.25, 0.3) is 0 Å². The standard InChI is InChI=1S/C14H18N2O/c1-2-12(11-6-4-3-5-7-11)13(17)10-14-15-8-9-16-14/h3-9,12-13,17H,2,10H2,1H3,(H,15,16). The Morgan fingerprint density at radius 3 is 2.65 bits per heavy atom. The van der Waals surface area contributed by atoms with Gasteiger partial charge in [0.25, 0.3) is 0 Å². The second kappa shape index (κ2) is 5.64. The molecule has 0 saturated carbocycles. The van der Waals surface area contributed by atoms with Crippen molar-refractivity contribution in [1.29, 1.82) is 0 Å². The summed E-state index contributed by atoms with van der Waals surface area (Å²) in [5.41, 5.74) is 1.19. The van der Waals surface area contributed by atoms with E-state index < -0.39 is 6.10 Å². The van der Waals surface area contributed by atoms with Crippen LogP contribution in [0.5, 0.6) is 0 Å². The third-order valence-corrected chi connectivity index (χ3v) is 3.09. The van der Waals surface area contributed by atoms with Gasteiger partial charge < -0.3 is 10.1 Å². The van der Waals surface area contributed by atoms with E-state index in [9.17, 15) is 5.11 Å². The summed E-state index contributed by atoms with van der Waals surface area (Å²) in [6, 6.07) is 10.2. The van der Waals surface area contributed by atoms with E-state index in [1.807, 2.05) is 18.2 Å². The van der Waals surface area contributed by atoms with Crippen LogP contribution in [-0.2, 0) is 6.42 Å². The second-order valence-electron chi connectivity index (χ2n) is 4.23. The van der Waals surface area contributed by atoms with Gasteiger partial charge in [0.05, 0.1) is 6.10 Å². The van der Waals surface area contributed by atoms with Gasteiger partial charge in [-0.15, -0.1) is 0 Å². The normalized spacial score (nSPS) is 14.5. The van der Waals surface area contributed by atoms with E-state index in [1.54, 1.807) is 12.4 Å². The average molecular weight is 230 g/mol. The van der Waals surface area contributed by atoms with Gasteiger partial charge in [-0.1, -0.05) is 37.3 Å². The van der Waals surface area contributed by atoms with Crippen LogP contribution in [0.15, 0.2) is 42.7 Å². The molecular weight excluding hydrogens is 212 g/mol. The molecule has 90 valence electrons. The molecule has 1 aromatic carbocycles. The van der Waals surface area contributed by atoms with E-state index in [1.165, 1.54) is 5.56 Å². The highest BCUT2D eigenvalue weighted by Gasteiger charge is 2.20. The minimum absolute atomic E-state index is 0.168. The van der Waals surface area contributed by atoms with Crippen molar-refractivity contribution in [2.45, 2.75) is 31.8 Å². The third-order valence-electron chi connectivity index (χ3n) is 3.09. The first-order valence-electron chi connectivity index (χ1n) is 6.02. The minimum atomic E-state index is -0.395. The largest absolute Gasteiger partial charge is 0.392 e. The van der Waals surface area contributed by atoms with Crippen molar-refractivity contribution in [3.63, 3.8) is 0 Å². The van der Waals surface area contributed by atoms with Crippen LogP contribution >= 0.6 is 0 Å². The van der Waals surface area contributed by atoms with Gasteiger partial charge in [-0.05, 0) is 12.0 Å². The van der Waals surface area contributed by atoms with E-state index in [4.69, 9.17) is 0 Å². The van der Waals surface area contributed by atoms with Crippen molar-refractivity contribution >= 4 is 0 Å². The molecule has 2 N–H and O–H groups in total. The van der Waals surface area contributed by atoms with Crippen LogP contribution in [0.4, 0.5) is 0 Å². The molecule has 0 amide bonds. The molecule has 1 heterocycles. The molecule has 3 heteroatoms. The SMILES string of the molecule is CCC(c1ccccc1)C(O)Cc1ncc[nH]1. The molecular formula is C14H18N2O. The highest BCUT2D eigenvalue weighted by Crippen LogP contribution is 2.24. The molecule has 0 aliphatic heterocycles. The van der Waals surface area contributed by atoms with Crippen LogP contribution in [0.3, 0.4) is 0 Å². The molecule has 2 atom stereocenters. The molecule has 0 spiro atoms. The molecule has 0 aliphatic rings. The second-order valence-corrected chi connectivity index (χ2v) is 4.23. The summed E-state index contributed by atoms with van der Waals surface area (Å²) >= 11 is 0. The number of hydrogen-bond acceptors (Lipinski definition) is 2. The van der Waals surface area contributed by atoms with E-state index >= 15 is 0 Å². The summed E-state index contributed by atoms with van der Waals surface area (Å²) in [6.45, 7) is 2.10. The first kappa shape index (κ1) is 11.9. The Morgan fingerprint density at radius 2 is 2.06 bits per heavy atom. The number of aliphatic hydroxyl groups excluding tert-OH is 1. The molecule has 0 aliphatic carbocycles. The number of nitrogens with zero attached hydrogens (tertiary/aromatic N) is 1. The lowest BCUT2D eigenvalue weighted by Crippen LogP contribution is -2.21. The summed E-state index contributed by atoms with van der Waals surface area (Å²) < 4.78 is 0. The number of aliphatic hydroxyl groups is 1. The number of aromatic amines is 1. The van der Waals surface area contributed by atoms with Gasteiger partial charge in [0.2, 0.25) is 0 Å². The van der Waals surface area contributed by atoms with Gasteiger partial charge in [-0.3, -0.25) is 0 Å². The zero-order valence-corrected chi connectivity index (χ0v) is 10.0. The Bertz CT molecular complexity index is 425. The van der Waals surface area contributed by atoms with Gasteiger partial charge in [0.1, 0.15) is 5.82 Å². The lowest BCUT2D eigenvalue weighted by atomic mass is 9.89. The Hall–Kier alpha value is -1.61. The fraction of sp³-hybridized carbons (Fsp3) is 0.357. The maximum atomic E-state index is 10.3. The van der Waals surface area contributed by atoms with Crippen LogP contribution in [0.2, 0.25) is 0 Å². The van der Waals surface area contributed by atoms with Crippen molar-refractivity contribution in [3.8, 4) is 0 Å². The van der Waals surface area contributed by atoms with Gasteiger partial charge in [-0.25, -0.2) is 4.98 Å². The van der Waals surface area contributed by atoms with Crippen LogP contribution in [0.1, 0.15) is 30.7 Å². The van der Waals surface area contributed by atoms with Crippen molar-refractivity contribution in [3.05, 3.63) is 54.1 Å². The van der Waals surface area contributed by atoms with Crippen molar-refractivity contribution in [2.75, 3.05) is 0 Å². The molecule has 2 aromatic rings. The van der Waals surface area contributed by atoms with Crippen molar-refractivity contribution in [2.24, 2.45) is 0 Å². The number of rotatable bonds is 5. The number of imidazole rings is 1. The molecule has 17 heavy (non-hydrogen) atoms. The van der Waals surface area contributed by atoms with Crippen molar-refractivity contribution < 1.29 is 5.11 Å². The Kier molecular flexibility index (Phi) is 3.94. The monoisotopic (exact) mass is 230 g/mol. The Morgan fingerprint density at radius 1 is 1.29 bits per heavy atom. The van der Waals surface area contributed by atoms with E-state index in [2.05, 4.69) is 29.0 Å². The number of aromatic nitrogens is 2. The zero-order chi connectivity index (χ0) is 12.1. The Balaban J connectivity index is 2.08.